The summed E-state index contributed by atoms with van der Waals surface area (Å²) in [7, 11) is 2.62. The zero-order valence-corrected chi connectivity index (χ0v) is 29.5. The standard InChI is InChI=1S/2C7H11N3O2.4BrH.3O.2Re/c2*1-12-7(11)6(8)2-5-3-9-4-10-5;;;;;;;;;/h2*3-4,6H,2,8H2,1H3,(H,9,10);4*1H;;;;;. The van der Waals surface area contributed by atoms with Crippen molar-refractivity contribution >= 4 is 79.9 Å². The number of esters is 2. The van der Waals surface area contributed by atoms with Crippen molar-refractivity contribution in [3.63, 3.8) is 0 Å². The first-order valence-corrected chi connectivity index (χ1v) is 12.1. The van der Waals surface area contributed by atoms with Crippen LogP contribution in [-0.4, -0.2) is 58.2 Å². The Morgan fingerprint density at radius 1 is 0.848 bits per heavy atom. The van der Waals surface area contributed by atoms with Gasteiger partial charge in [-0.3, -0.25) is 9.59 Å². The number of nitrogens with zero attached hydrogens (tertiary/aromatic N) is 2. The molecule has 19 heteroatoms. The van der Waals surface area contributed by atoms with Gasteiger partial charge in [-0.25, -0.2) is 9.97 Å². The number of halogens is 4. The zero-order valence-electron chi connectivity index (χ0n) is 17.2. The summed E-state index contributed by atoms with van der Waals surface area (Å²) in [5.41, 5.74) is 12.5. The van der Waals surface area contributed by atoms with Crippen molar-refractivity contribution in [1.82, 2.24) is 19.9 Å². The van der Waals surface area contributed by atoms with Crippen LogP contribution in [0.15, 0.2) is 25.0 Å². The molecule has 0 radical (unpaired) electrons. The summed E-state index contributed by atoms with van der Waals surface area (Å²) in [6, 6.07) is -1.25. The van der Waals surface area contributed by atoms with Crippen LogP contribution in [0.4, 0.5) is 0 Å². The second-order valence-electron chi connectivity index (χ2n) is 4.97. The van der Waals surface area contributed by atoms with Gasteiger partial charge in [0.1, 0.15) is 12.1 Å². The minimum atomic E-state index is -1.67. The second kappa shape index (κ2) is 28.3. The number of nitrogens with one attached hydrogen (secondary N) is 2. The molecule has 0 bridgehead atoms. The molecule has 2 atom stereocenters. The van der Waals surface area contributed by atoms with E-state index in [1.807, 2.05) is 0 Å². The number of hydrogen-bond acceptors (Lipinski definition) is 11. The summed E-state index contributed by atoms with van der Waals surface area (Å²) in [6.07, 6.45) is 7.27. The summed E-state index contributed by atoms with van der Waals surface area (Å²) in [4.78, 5) is 35.1. The number of carbonyl (C=O) groups is 2. The fraction of sp³-hybridized carbons (Fsp3) is 0.429. The van der Waals surface area contributed by atoms with Crippen molar-refractivity contribution in [1.29, 1.82) is 0 Å². The van der Waals surface area contributed by atoms with Crippen LogP contribution >= 0.6 is 67.9 Å². The van der Waals surface area contributed by atoms with E-state index in [1.165, 1.54) is 14.2 Å². The van der Waals surface area contributed by atoms with Crippen molar-refractivity contribution in [3.8, 4) is 0 Å². The molecular weight excluding hydrogens is 1060 g/mol. The number of methoxy groups -OCH3 is 2. The predicted molar refractivity (Wildman–Crippen MR) is 128 cm³/mol. The monoisotopic (exact) mass is 1080 g/mol. The molecule has 0 fully saturated rings. The van der Waals surface area contributed by atoms with Gasteiger partial charge in [-0.2, -0.15) is 0 Å². The molecule has 0 aliphatic rings. The van der Waals surface area contributed by atoms with Crippen LogP contribution in [0.2, 0.25) is 0 Å². The van der Waals surface area contributed by atoms with Crippen LogP contribution in [0, 0.1) is 0 Å². The Hall–Kier alpha value is 0.0847. The average molecular weight is 1080 g/mol. The van der Waals surface area contributed by atoms with Gasteiger partial charge < -0.3 is 30.9 Å². The number of rotatable bonds is 8. The van der Waals surface area contributed by atoms with E-state index >= 15 is 0 Å². The molecule has 6 N–H and O–H groups in total. The number of ether oxygens (including phenoxy) is 2. The van der Waals surface area contributed by atoms with Crippen LogP contribution in [0.25, 0.3) is 0 Å². The third kappa shape index (κ3) is 22.3. The molecule has 2 heterocycles. The molecule has 0 amide bonds. The molecule has 0 spiro atoms. The number of imidazole rings is 2. The number of H-pyrrole nitrogens is 2. The average Bonchev–Trinajstić information content (AvgIpc) is 3.42. The predicted octanol–water partition coefficient (Wildman–Crippen LogP) is 0.906. The van der Waals surface area contributed by atoms with Crippen molar-refractivity contribution in [3.05, 3.63) is 36.4 Å². The van der Waals surface area contributed by atoms with Gasteiger partial charge in [0.2, 0.25) is 0 Å². The van der Waals surface area contributed by atoms with Gasteiger partial charge in [0.05, 0.1) is 38.3 Å². The molecule has 196 valence electrons. The van der Waals surface area contributed by atoms with Crippen LogP contribution in [0.5, 0.6) is 0 Å². The molecule has 0 aromatic carbocycles. The number of carbonyl (C=O) groups excluding carboxylic acids is 2. The Labute approximate surface area is 249 Å². The van der Waals surface area contributed by atoms with E-state index in [2.05, 4.69) is 31.6 Å². The van der Waals surface area contributed by atoms with E-state index in [-0.39, 0.29) is 67.9 Å². The van der Waals surface area contributed by atoms with E-state index in [4.69, 9.17) is 11.5 Å². The quantitative estimate of drug-likeness (QED) is 0.274. The van der Waals surface area contributed by atoms with Gasteiger partial charge in [-0.15, -0.1) is 67.9 Å². The van der Waals surface area contributed by atoms with Gasteiger partial charge in [0.15, 0.2) is 0 Å². The fourth-order valence-electron chi connectivity index (χ4n) is 1.73. The van der Waals surface area contributed by atoms with Gasteiger partial charge in [0, 0.05) is 25.2 Å². The minimum absolute atomic E-state index is 0. The van der Waals surface area contributed by atoms with Gasteiger partial charge >= 0.3 is 57.7 Å². The maximum atomic E-state index is 10.9. The SMILES string of the molecule is Br.Br.Br.Br.COC(=O)C(N)Cc1c[nH]cn1.COC(=O)C(N)Cc1c[nH]cn1.[O]=[Re][O][Re]=[O]. The van der Waals surface area contributed by atoms with Gasteiger partial charge in [-0.1, -0.05) is 0 Å². The van der Waals surface area contributed by atoms with Crippen molar-refractivity contribution in [2.45, 2.75) is 24.9 Å². The summed E-state index contributed by atoms with van der Waals surface area (Å²) < 4.78 is 31.5. The summed E-state index contributed by atoms with van der Waals surface area (Å²) >= 11 is -3.35. The summed E-state index contributed by atoms with van der Waals surface area (Å²) in [5, 5.41) is 0. The van der Waals surface area contributed by atoms with Crippen LogP contribution < -0.4 is 11.5 Å². The number of hydrogen-bond donors (Lipinski definition) is 4. The first kappa shape index (κ1) is 43.2. The van der Waals surface area contributed by atoms with E-state index in [1.54, 1.807) is 25.0 Å². The Bertz CT molecular complexity index is 671. The molecule has 2 aromatic heterocycles. The molecule has 2 rings (SSSR count). The maximum absolute atomic E-state index is 10.9. The Balaban J connectivity index is -0.000000120. The van der Waals surface area contributed by atoms with Crippen molar-refractivity contribution in [2.75, 3.05) is 14.2 Å². The molecule has 13 nitrogen and oxygen atoms in total. The number of aromatic amines is 2. The summed E-state index contributed by atoms with van der Waals surface area (Å²) in [5.74, 6) is -0.837. The first-order chi connectivity index (χ1) is 13.9. The molecule has 0 aliphatic carbocycles. The van der Waals surface area contributed by atoms with Crippen molar-refractivity contribution in [2.24, 2.45) is 11.5 Å². The van der Waals surface area contributed by atoms with Crippen LogP contribution in [-0.2, 0) is 77.6 Å². The molecule has 0 aliphatic heterocycles. The van der Waals surface area contributed by atoms with Gasteiger partial charge in [0.25, 0.3) is 0 Å². The molecule has 0 saturated carbocycles. The topological polar surface area (TPSA) is 205 Å². The van der Waals surface area contributed by atoms with E-state index in [9.17, 15) is 16.5 Å². The number of aromatic nitrogens is 4. The van der Waals surface area contributed by atoms with Crippen LogP contribution in [0.3, 0.4) is 0 Å². The molecular formula is C14H26Br4N6O7Re2. The molecule has 33 heavy (non-hydrogen) atoms. The third-order valence-electron chi connectivity index (χ3n) is 3.02. The Morgan fingerprint density at radius 3 is 1.36 bits per heavy atom. The summed E-state index contributed by atoms with van der Waals surface area (Å²) in [6.45, 7) is 0. The number of nitrogens with two attached hydrogens (primary N) is 2. The normalized spacial score (nSPS) is 10.3. The zero-order chi connectivity index (χ0) is 22.1. The Morgan fingerprint density at radius 2 is 1.18 bits per heavy atom. The molecule has 0 saturated heterocycles. The van der Waals surface area contributed by atoms with Crippen LogP contribution in [0.1, 0.15) is 11.4 Å². The van der Waals surface area contributed by atoms with E-state index in [0.717, 1.165) is 11.4 Å². The second-order valence-corrected chi connectivity index (χ2v) is 9.73. The molecule has 2 aromatic rings. The van der Waals surface area contributed by atoms with E-state index < -0.39 is 60.6 Å². The van der Waals surface area contributed by atoms with Gasteiger partial charge in [-0.05, 0) is 0 Å². The van der Waals surface area contributed by atoms with Crippen molar-refractivity contribution < 1.29 is 64.8 Å². The molecule has 2 unspecified atom stereocenters. The third-order valence-corrected chi connectivity index (χ3v) is 6.17. The van der Waals surface area contributed by atoms with E-state index in [0.29, 0.717) is 12.8 Å². The fourth-order valence-corrected chi connectivity index (χ4v) is 2.38. The first-order valence-electron chi connectivity index (χ1n) is 7.71. The Kier molecular flexibility index (Phi) is 37.1.